The summed E-state index contributed by atoms with van der Waals surface area (Å²) in [5.74, 6) is -0.716. The fraction of sp³-hybridized carbons (Fsp3) is 0.167. The second kappa shape index (κ2) is 5.88. The van der Waals surface area contributed by atoms with E-state index < -0.39 is 34.8 Å². The molecular weight excluding hydrogens is 347 g/mol. The number of alkyl halides is 3. The lowest BCUT2D eigenvalue weighted by Gasteiger charge is -2.22. The highest BCUT2D eigenvalue weighted by Gasteiger charge is 2.50. The topological polar surface area (TPSA) is 73.2 Å². The Balaban J connectivity index is 2.07. The summed E-state index contributed by atoms with van der Waals surface area (Å²) in [7, 11) is 0. The zero-order valence-electron chi connectivity index (χ0n) is 13.4. The first-order valence-electron chi connectivity index (χ1n) is 7.43. The number of imide groups is 1. The van der Waals surface area contributed by atoms with E-state index in [4.69, 9.17) is 5.26 Å². The van der Waals surface area contributed by atoms with E-state index in [0.29, 0.717) is 16.5 Å². The number of carbonyl (C=O) groups excluding carboxylic acids is 2. The lowest BCUT2D eigenvalue weighted by Crippen LogP contribution is -2.40. The first kappa shape index (κ1) is 17.5. The van der Waals surface area contributed by atoms with Crippen LogP contribution in [0.1, 0.15) is 23.6 Å². The van der Waals surface area contributed by atoms with Gasteiger partial charge in [0.1, 0.15) is 5.54 Å². The standard InChI is InChI=1S/C18H11F3N3O2/c1-17(12-5-3-2-4-6-12)15(25)24(16(26)23-17)13-8-7-11(10-22)14(9-13)18(19,20)21/h3-9H,1H3,(H,23,26)/t17-/m1/s1. The lowest BCUT2D eigenvalue weighted by atomic mass is 9.92. The molecule has 0 bridgehead atoms. The minimum Gasteiger partial charge on any atom is -0.319 e. The average Bonchev–Trinajstić information content (AvgIpc) is 2.84. The van der Waals surface area contributed by atoms with Crippen LogP contribution in [0.5, 0.6) is 0 Å². The molecule has 3 rings (SSSR count). The number of anilines is 1. The Labute approximate surface area is 146 Å². The van der Waals surface area contributed by atoms with E-state index in [1.54, 1.807) is 24.3 Å². The Kier molecular flexibility index (Phi) is 3.95. The van der Waals surface area contributed by atoms with Gasteiger partial charge < -0.3 is 5.32 Å². The maximum absolute atomic E-state index is 13.2. The number of benzene rings is 2. The molecule has 0 aliphatic carbocycles. The van der Waals surface area contributed by atoms with Crippen molar-refractivity contribution in [2.75, 3.05) is 4.90 Å². The molecule has 1 fully saturated rings. The molecule has 1 aliphatic heterocycles. The highest BCUT2D eigenvalue weighted by atomic mass is 19.4. The van der Waals surface area contributed by atoms with Crippen LogP contribution in [0.4, 0.5) is 23.7 Å². The van der Waals surface area contributed by atoms with E-state index in [2.05, 4.69) is 11.4 Å². The molecule has 1 saturated heterocycles. The van der Waals surface area contributed by atoms with Crippen molar-refractivity contribution in [2.24, 2.45) is 0 Å². The van der Waals surface area contributed by atoms with Crippen LogP contribution >= 0.6 is 0 Å². The molecule has 1 atom stereocenters. The number of amides is 3. The Morgan fingerprint density at radius 2 is 1.85 bits per heavy atom. The van der Waals surface area contributed by atoms with Crippen molar-refractivity contribution in [1.29, 1.82) is 5.26 Å². The SMILES string of the molecule is C[C@]1(c2cc[c]cc2)NC(=O)N(c2ccc(C#N)c(C(F)(F)F)c2)C1=O. The molecule has 0 saturated carbocycles. The van der Waals surface area contributed by atoms with Crippen molar-refractivity contribution in [1.82, 2.24) is 5.32 Å². The third-order valence-electron chi connectivity index (χ3n) is 4.17. The van der Waals surface area contributed by atoms with E-state index in [1.165, 1.54) is 13.0 Å². The molecule has 131 valence electrons. The van der Waals surface area contributed by atoms with Crippen molar-refractivity contribution in [2.45, 2.75) is 18.6 Å². The second-order valence-electron chi connectivity index (χ2n) is 5.82. The van der Waals surface area contributed by atoms with E-state index in [0.717, 1.165) is 12.1 Å². The van der Waals surface area contributed by atoms with Gasteiger partial charge in [-0.2, -0.15) is 18.4 Å². The molecule has 3 amide bonds. The molecule has 0 spiro atoms. The van der Waals surface area contributed by atoms with Crippen molar-refractivity contribution in [3.05, 3.63) is 65.2 Å². The van der Waals surface area contributed by atoms with Gasteiger partial charge in [0.2, 0.25) is 0 Å². The minimum absolute atomic E-state index is 0.259. The van der Waals surface area contributed by atoms with E-state index in [9.17, 15) is 22.8 Å². The van der Waals surface area contributed by atoms with Crippen LogP contribution in [0.2, 0.25) is 0 Å². The summed E-state index contributed by atoms with van der Waals surface area (Å²) >= 11 is 0. The molecule has 1 N–H and O–H groups in total. The van der Waals surface area contributed by atoms with Crippen LogP contribution < -0.4 is 10.2 Å². The molecule has 2 aromatic carbocycles. The van der Waals surface area contributed by atoms with Gasteiger partial charge >= 0.3 is 12.2 Å². The number of hydrogen-bond acceptors (Lipinski definition) is 3. The number of nitrogens with one attached hydrogen (secondary N) is 1. The van der Waals surface area contributed by atoms with Gasteiger partial charge in [0, 0.05) is 0 Å². The first-order chi connectivity index (χ1) is 12.2. The van der Waals surface area contributed by atoms with Crippen molar-refractivity contribution in [3.8, 4) is 6.07 Å². The predicted octanol–water partition coefficient (Wildman–Crippen LogP) is 3.35. The molecule has 2 aromatic rings. The number of rotatable bonds is 2. The van der Waals surface area contributed by atoms with Crippen molar-refractivity contribution < 1.29 is 22.8 Å². The highest BCUT2D eigenvalue weighted by Crippen LogP contribution is 2.37. The van der Waals surface area contributed by atoms with Gasteiger partial charge in [-0.15, -0.1) is 0 Å². The molecule has 8 heteroatoms. The summed E-state index contributed by atoms with van der Waals surface area (Å²) in [4.78, 5) is 25.8. The third-order valence-corrected chi connectivity index (χ3v) is 4.17. The van der Waals surface area contributed by atoms with Gasteiger partial charge in [-0.3, -0.25) is 4.79 Å². The quantitative estimate of drug-likeness (QED) is 0.837. The zero-order valence-corrected chi connectivity index (χ0v) is 13.4. The third kappa shape index (κ3) is 2.67. The maximum atomic E-state index is 13.2. The monoisotopic (exact) mass is 358 g/mol. The number of halogens is 3. The van der Waals surface area contributed by atoms with Gasteiger partial charge in [0.25, 0.3) is 5.91 Å². The number of carbonyl (C=O) groups is 2. The summed E-state index contributed by atoms with van der Waals surface area (Å²) < 4.78 is 39.5. The summed E-state index contributed by atoms with van der Waals surface area (Å²) in [6.45, 7) is 1.47. The molecule has 0 aromatic heterocycles. The number of nitriles is 1. The fourth-order valence-corrected chi connectivity index (χ4v) is 2.79. The Morgan fingerprint density at radius 1 is 1.19 bits per heavy atom. The molecule has 1 radical (unpaired) electrons. The summed E-state index contributed by atoms with van der Waals surface area (Å²) in [5.41, 5.74) is -3.00. The highest BCUT2D eigenvalue weighted by molar-refractivity contribution is 6.23. The minimum atomic E-state index is -4.79. The molecule has 1 aliphatic rings. The molecule has 1 heterocycles. The van der Waals surface area contributed by atoms with Crippen molar-refractivity contribution >= 4 is 17.6 Å². The van der Waals surface area contributed by atoms with Crippen LogP contribution in [-0.4, -0.2) is 11.9 Å². The summed E-state index contributed by atoms with van der Waals surface area (Å²) in [6.07, 6.45) is -4.79. The summed E-state index contributed by atoms with van der Waals surface area (Å²) in [6, 6.07) is 12.4. The molecule has 5 nitrogen and oxygen atoms in total. The van der Waals surface area contributed by atoms with Crippen LogP contribution in [0.3, 0.4) is 0 Å². The van der Waals surface area contributed by atoms with Crippen LogP contribution in [-0.2, 0) is 16.5 Å². The number of hydrogen-bond donors (Lipinski definition) is 1. The summed E-state index contributed by atoms with van der Waals surface area (Å²) in [5, 5.41) is 11.4. The van der Waals surface area contributed by atoms with Gasteiger partial charge in [-0.1, -0.05) is 24.3 Å². The fourth-order valence-electron chi connectivity index (χ4n) is 2.79. The first-order valence-corrected chi connectivity index (χ1v) is 7.43. The lowest BCUT2D eigenvalue weighted by molar-refractivity contribution is -0.137. The maximum Gasteiger partial charge on any atom is 0.417 e. The number of nitrogens with zero attached hydrogens (tertiary/aromatic N) is 2. The van der Waals surface area contributed by atoms with Crippen LogP contribution in [0.15, 0.2) is 42.5 Å². The number of urea groups is 1. The zero-order chi connectivity index (χ0) is 19.1. The molecule has 26 heavy (non-hydrogen) atoms. The van der Waals surface area contributed by atoms with Gasteiger partial charge in [0.05, 0.1) is 22.9 Å². The van der Waals surface area contributed by atoms with Gasteiger partial charge in [0.15, 0.2) is 0 Å². The van der Waals surface area contributed by atoms with E-state index in [-0.39, 0.29) is 5.69 Å². The Bertz CT molecular complexity index is 935. The largest absolute Gasteiger partial charge is 0.417 e. The van der Waals surface area contributed by atoms with Crippen molar-refractivity contribution in [3.63, 3.8) is 0 Å². The van der Waals surface area contributed by atoms with Crippen LogP contribution in [0.25, 0.3) is 0 Å². The van der Waals surface area contributed by atoms with E-state index >= 15 is 0 Å². The predicted molar refractivity (Wildman–Crippen MR) is 84.8 cm³/mol. The second-order valence-corrected chi connectivity index (χ2v) is 5.82. The average molecular weight is 358 g/mol. The Hall–Kier alpha value is -3.34. The van der Waals surface area contributed by atoms with Crippen LogP contribution in [0, 0.1) is 17.4 Å². The van der Waals surface area contributed by atoms with Gasteiger partial charge in [-0.05, 0) is 36.8 Å². The normalized spacial score (nSPS) is 20.0. The molecular formula is C18H11F3N3O2. The van der Waals surface area contributed by atoms with Gasteiger partial charge in [-0.25, -0.2) is 9.69 Å². The Morgan fingerprint density at radius 3 is 2.42 bits per heavy atom. The molecule has 0 unspecified atom stereocenters. The smallest absolute Gasteiger partial charge is 0.319 e. The van der Waals surface area contributed by atoms with E-state index in [1.807, 2.05) is 0 Å².